The van der Waals surface area contributed by atoms with Crippen molar-refractivity contribution in [3.05, 3.63) is 23.8 Å². The van der Waals surface area contributed by atoms with Crippen molar-refractivity contribution < 1.29 is 18.3 Å². The maximum Gasteiger partial charge on any atom is 0.337 e. The van der Waals surface area contributed by atoms with Gasteiger partial charge in [-0.2, -0.15) is 0 Å². The molecule has 6 nitrogen and oxygen atoms in total. The third-order valence-corrected chi connectivity index (χ3v) is 4.60. The predicted molar refractivity (Wildman–Crippen MR) is 75.4 cm³/mol. The van der Waals surface area contributed by atoms with Crippen molar-refractivity contribution in [3.8, 4) is 0 Å². The fourth-order valence-electron chi connectivity index (χ4n) is 2.69. The minimum atomic E-state index is -3.90. The number of rotatable bonds is 4. The summed E-state index contributed by atoms with van der Waals surface area (Å²) >= 11 is 0. The lowest BCUT2D eigenvalue weighted by Crippen LogP contribution is -2.30. The second kappa shape index (κ2) is 5.41. The second-order valence-corrected chi connectivity index (χ2v) is 6.49. The zero-order valence-electron chi connectivity index (χ0n) is 11.2. The van der Waals surface area contributed by atoms with E-state index in [1.165, 1.54) is 12.1 Å². The van der Waals surface area contributed by atoms with Crippen molar-refractivity contribution in [2.45, 2.75) is 37.1 Å². The highest BCUT2D eigenvalue weighted by atomic mass is 32.2. The van der Waals surface area contributed by atoms with Gasteiger partial charge < -0.3 is 10.0 Å². The molecule has 1 aliphatic rings. The average Bonchev–Trinajstić information content (AvgIpc) is 2.84. The van der Waals surface area contributed by atoms with E-state index < -0.39 is 16.0 Å². The number of primary sulfonamides is 1. The number of hydrogen-bond donors (Lipinski definition) is 2. The largest absolute Gasteiger partial charge is 0.478 e. The van der Waals surface area contributed by atoms with Gasteiger partial charge in [0.15, 0.2) is 0 Å². The van der Waals surface area contributed by atoms with Crippen molar-refractivity contribution in [2.24, 2.45) is 5.14 Å². The van der Waals surface area contributed by atoms with Crippen LogP contribution in [0.25, 0.3) is 0 Å². The van der Waals surface area contributed by atoms with E-state index in [4.69, 9.17) is 5.14 Å². The zero-order valence-corrected chi connectivity index (χ0v) is 12.1. The SMILES string of the molecule is CCC1CCCN1c1ccc(S(N)(=O)=O)cc1C(=O)O. The molecule has 3 N–H and O–H groups in total. The Morgan fingerprint density at radius 2 is 2.20 bits per heavy atom. The molecule has 1 unspecified atom stereocenters. The van der Waals surface area contributed by atoms with Crippen LogP contribution in [-0.4, -0.2) is 32.1 Å². The fraction of sp³-hybridized carbons (Fsp3) is 0.462. The first-order chi connectivity index (χ1) is 9.34. The average molecular weight is 298 g/mol. The van der Waals surface area contributed by atoms with Gasteiger partial charge in [-0.15, -0.1) is 0 Å². The highest BCUT2D eigenvalue weighted by Crippen LogP contribution is 2.31. The quantitative estimate of drug-likeness (QED) is 0.875. The van der Waals surface area contributed by atoms with Crippen LogP contribution in [0.2, 0.25) is 0 Å². The summed E-state index contributed by atoms with van der Waals surface area (Å²) < 4.78 is 22.7. The van der Waals surface area contributed by atoms with Gasteiger partial charge in [0.25, 0.3) is 0 Å². The van der Waals surface area contributed by atoms with Crippen LogP contribution in [0.3, 0.4) is 0 Å². The Morgan fingerprint density at radius 3 is 2.75 bits per heavy atom. The third kappa shape index (κ3) is 2.78. The fourth-order valence-corrected chi connectivity index (χ4v) is 3.23. The number of anilines is 1. The molecule has 0 saturated carbocycles. The number of nitrogens with two attached hydrogens (primary N) is 1. The Hall–Kier alpha value is -1.60. The number of nitrogens with zero attached hydrogens (tertiary/aromatic N) is 1. The van der Waals surface area contributed by atoms with Gasteiger partial charge in [0.05, 0.1) is 16.1 Å². The van der Waals surface area contributed by atoms with Crippen LogP contribution in [0.15, 0.2) is 23.1 Å². The summed E-state index contributed by atoms with van der Waals surface area (Å²) in [5.74, 6) is -1.15. The lowest BCUT2D eigenvalue weighted by atomic mass is 10.1. The zero-order chi connectivity index (χ0) is 14.9. The Kier molecular flexibility index (Phi) is 4.01. The molecular formula is C13H18N2O4S. The number of sulfonamides is 1. The van der Waals surface area contributed by atoms with E-state index in [9.17, 15) is 18.3 Å². The highest BCUT2D eigenvalue weighted by Gasteiger charge is 2.27. The molecule has 0 amide bonds. The maximum absolute atomic E-state index is 11.4. The molecule has 0 bridgehead atoms. The third-order valence-electron chi connectivity index (χ3n) is 3.68. The molecule has 0 spiro atoms. The molecule has 110 valence electrons. The first kappa shape index (κ1) is 14.8. The molecule has 1 saturated heterocycles. The number of benzene rings is 1. The van der Waals surface area contributed by atoms with Crippen LogP contribution < -0.4 is 10.0 Å². The van der Waals surface area contributed by atoms with Gasteiger partial charge in [-0.05, 0) is 37.5 Å². The van der Waals surface area contributed by atoms with Gasteiger partial charge >= 0.3 is 5.97 Å². The first-order valence-corrected chi connectivity index (χ1v) is 8.06. The van der Waals surface area contributed by atoms with Gasteiger partial charge in [0, 0.05) is 12.6 Å². The molecule has 0 aromatic heterocycles. The summed E-state index contributed by atoms with van der Waals surface area (Å²) in [7, 11) is -3.90. The minimum Gasteiger partial charge on any atom is -0.478 e. The highest BCUT2D eigenvalue weighted by molar-refractivity contribution is 7.89. The van der Waals surface area contributed by atoms with Crippen molar-refractivity contribution in [1.29, 1.82) is 0 Å². The summed E-state index contributed by atoms with van der Waals surface area (Å²) in [6.07, 6.45) is 2.96. The van der Waals surface area contributed by atoms with Gasteiger partial charge in [-0.3, -0.25) is 0 Å². The topological polar surface area (TPSA) is 101 Å². The number of carbonyl (C=O) groups is 1. The summed E-state index contributed by atoms with van der Waals surface area (Å²) in [4.78, 5) is 13.3. The normalized spacial score (nSPS) is 19.3. The predicted octanol–water partition coefficient (Wildman–Crippen LogP) is 1.41. The lowest BCUT2D eigenvalue weighted by molar-refractivity contribution is 0.0697. The lowest BCUT2D eigenvalue weighted by Gasteiger charge is -2.27. The van der Waals surface area contributed by atoms with Crippen LogP contribution >= 0.6 is 0 Å². The Balaban J connectivity index is 2.51. The Bertz CT molecular complexity index is 627. The Labute approximate surface area is 118 Å². The summed E-state index contributed by atoms with van der Waals surface area (Å²) in [6.45, 7) is 2.84. The van der Waals surface area contributed by atoms with E-state index in [1.807, 2.05) is 4.90 Å². The Morgan fingerprint density at radius 1 is 1.50 bits per heavy atom. The van der Waals surface area contributed by atoms with Crippen LogP contribution in [0, 0.1) is 0 Å². The molecule has 1 atom stereocenters. The van der Waals surface area contributed by atoms with E-state index in [0.29, 0.717) is 11.7 Å². The van der Waals surface area contributed by atoms with E-state index in [0.717, 1.165) is 31.9 Å². The maximum atomic E-state index is 11.4. The molecule has 1 aromatic rings. The molecule has 0 radical (unpaired) electrons. The number of carboxylic acids is 1. The summed E-state index contributed by atoms with van der Waals surface area (Å²) in [6, 6.07) is 4.34. The molecule has 1 aromatic carbocycles. The van der Waals surface area contributed by atoms with Crippen molar-refractivity contribution in [3.63, 3.8) is 0 Å². The molecule has 0 aliphatic carbocycles. The van der Waals surface area contributed by atoms with Crippen LogP contribution in [0.4, 0.5) is 5.69 Å². The smallest absolute Gasteiger partial charge is 0.337 e. The number of aromatic carboxylic acids is 1. The van der Waals surface area contributed by atoms with Crippen molar-refractivity contribution in [1.82, 2.24) is 0 Å². The molecular weight excluding hydrogens is 280 g/mol. The van der Waals surface area contributed by atoms with E-state index in [1.54, 1.807) is 0 Å². The van der Waals surface area contributed by atoms with Gasteiger partial charge in [0.1, 0.15) is 0 Å². The number of carboxylic acid groups (broad SMARTS) is 1. The monoisotopic (exact) mass is 298 g/mol. The molecule has 2 rings (SSSR count). The van der Waals surface area contributed by atoms with Crippen molar-refractivity contribution in [2.75, 3.05) is 11.4 Å². The van der Waals surface area contributed by atoms with Crippen LogP contribution in [0.5, 0.6) is 0 Å². The molecule has 20 heavy (non-hydrogen) atoms. The van der Waals surface area contributed by atoms with E-state index in [2.05, 4.69) is 6.92 Å². The molecule has 7 heteroatoms. The van der Waals surface area contributed by atoms with Crippen molar-refractivity contribution >= 4 is 21.7 Å². The van der Waals surface area contributed by atoms with E-state index in [-0.39, 0.29) is 10.5 Å². The summed E-state index contributed by atoms with van der Waals surface area (Å²) in [5.41, 5.74) is 0.547. The van der Waals surface area contributed by atoms with Crippen LogP contribution in [-0.2, 0) is 10.0 Å². The van der Waals surface area contributed by atoms with Gasteiger partial charge in [-0.25, -0.2) is 18.4 Å². The van der Waals surface area contributed by atoms with Gasteiger partial charge in [-0.1, -0.05) is 6.92 Å². The first-order valence-electron chi connectivity index (χ1n) is 6.51. The summed E-state index contributed by atoms with van der Waals surface area (Å²) in [5, 5.41) is 14.4. The standard InChI is InChI=1S/C13H18N2O4S/c1-2-9-4-3-7-15(9)12-6-5-10(20(14,18)19)8-11(12)13(16)17/h5-6,8-9H,2-4,7H2,1H3,(H,16,17)(H2,14,18,19). The molecule has 1 fully saturated rings. The number of hydrogen-bond acceptors (Lipinski definition) is 4. The van der Waals surface area contributed by atoms with Gasteiger partial charge in [0.2, 0.25) is 10.0 Å². The minimum absolute atomic E-state index is 0.0168. The second-order valence-electron chi connectivity index (χ2n) is 4.93. The van der Waals surface area contributed by atoms with Crippen LogP contribution in [0.1, 0.15) is 36.5 Å². The van der Waals surface area contributed by atoms with E-state index >= 15 is 0 Å². The molecule has 1 heterocycles. The molecule has 1 aliphatic heterocycles.